The molecule has 0 atom stereocenters. The van der Waals surface area contributed by atoms with Gasteiger partial charge in [0.2, 0.25) is 0 Å². The minimum absolute atomic E-state index is 0.183. The van der Waals surface area contributed by atoms with Crippen molar-refractivity contribution in [3.63, 3.8) is 0 Å². The quantitative estimate of drug-likeness (QED) is 0.873. The molecule has 0 aromatic carbocycles. The molecule has 2 rings (SSSR count). The molecule has 2 N–H and O–H groups in total. The summed E-state index contributed by atoms with van der Waals surface area (Å²) in [6.07, 6.45) is 3.17. The number of carbonyl (C=O) groups is 1. The Bertz CT molecular complexity index is 573. The molecule has 0 fully saturated rings. The van der Waals surface area contributed by atoms with E-state index in [4.69, 9.17) is 4.52 Å². The van der Waals surface area contributed by atoms with E-state index in [1.807, 2.05) is 13.8 Å². The number of hydrogen-bond acceptors (Lipinski definition) is 5. The fourth-order valence-electron chi connectivity index (χ4n) is 1.81. The monoisotopic (exact) mass is 260 g/mol. The van der Waals surface area contributed by atoms with E-state index >= 15 is 0 Å². The first-order valence-electron chi connectivity index (χ1n) is 5.95. The number of aromatic nitrogens is 2. The molecule has 2 aromatic heterocycles. The minimum atomic E-state index is -0.183. The van der Waals surface area contributed by atoms with E-state index in [2.05, 4.69) is 20.8 Å². The second-order valence-corrected chi connectivity index (χ2v) is 4.16. The molecule has 0 radical (unpaired) electrons. The Labute approximate surface area is 111 Å². The predicted molar refractivity (Wildman–Crippen MR) is 70.9 cm³/mol. The fraction of sp³-hybridized carbons (Fsp3) is 0.308. The maximum absolute atomic E-state index is 12.1. The first-order valence-corrected chi connectivity index (χ1v) is 5.95. The Balaban J connectivity index is 2.10. The van der Waals surface area contributed by atoms with Gasteiger partial charge < -0.3 is 15.2 Å². The van der Waals surface area contributed by atoms with Crippen LogP contribution in [0.4, 0.5) is 5.69 Å². The molecular formula is C13H16N4O2. The molecule has 0 spiro atoms. The number of nitrogens with zero attached hydrogens (tertiary/aromatic N) is 2. The van der Waals surface area contributed by atoms with Crippen LogP contribution in [0.25, 0.3) is 0 Å². The highest BCUT2D eigenvalue weighted by Gasteiger charge is 2.13. The number of carbonyl (C=O) groups excluding carboxylic acids is 1. The van der Waals surface area contributed by atoms with Crippen LogP contribution in [0.1, 0.15) is 27.4 Å². The zero-order chi connectivity index (χ0) is 13.8. The Kier molecular flexibility index (Phi) is 3.79. The number of hydrogen-bond donors (Lipinski definition) is 2. The van der Waals surface area contributed by atoms with Crippen LogP contribution in [0.5, 0.6) is 0 Å². The van der Waals surface area contributed by atoms with Gasteiger partial charge in [-0.25, -0.2) is 0 Å². The van der Waals surface area contributed by atoms with E-state index < -0.39 is 0 Å². The largest absolute Gasteiger partial charge is 0.387 e. The van der Waals surface area contributed by atoms with E-state index in [-0.39, 0.29) is 5.91 Å². The van der Waals surface area contributed by atoms with Gasteiger partial charge in [0.25, 0.3) is 5.91 Å². The topological polar surface area (TPSA) is 80.0 Å². The van der Waals surface area contributed by atoms with Crippen LogP contribution in [-0.4, -0.2) is 23.1 Å². The zero-order valence-electron chi connectivity index (χ0n) is 11.2. The van der Waals surface area contributed by atoms with Gasteiger partial charge >= 0.3 is 0 Å². The van der Waals surface area contributed by atoms with Gasteiger partial charge in [-0.3, -0.25) is 9.78 Å². The second kappa shape index (κ2) is 5.51. The average Bonchev–Trinajstić information content (AvgIpc) is 2.75. The van der Waals surface area contributed by atoms with E-state index in [1.165, 1.54) is 6.20 Å². The zero-order valence-corrected chi connectivity index (χ0v) is 11.2. The third kappa shape index (κ3) is 2.73. The number of nitrogens with one attached hydrogen (secondary N) is 2. The van der Waals surface area contributed by atoms with Gasteiger partial charge in [0, 0.05) is 37.2 Å². The molecule has 0 aliphatic heterocycles. The third-order valence-corrected chi connectivity index (χ3v) is 2.94. The lowest BCUT2D eigenvalue weighted by molar-refractivity contribution is 0.0951. The van der Waals surface area contributed by atoms with Gasteiger partial charge in [0.1, 0.15) is 5.76 Å². The smallest absolute Gasteiger partial charge is 0.255 e. The van der Waals surface area contributed by atoms with Gasteiger partial charge in [0.15, 0.2) is 0 Å². The first-order chi connectivity index (χ1) is 9.13. The first kappa shape index (κ1) is 13.1. The summed E-state index contributed by atoms with van der Waals surface area (Å²) >= 11 is 0. The molecule has 0 aliphatic rings. The highest BCUT2D eigenvalue weighted by molar-refractivity contribution is 5.99. The van der Waals surface area contributed by atoms with Gasteiger partial charge in [0.05, 0.1) is 11.3 Å². The molecule has 19 heavy (non-hydrogen) atoms. The molecule has 0 aliphatic carbocycles. The molecule has 0 unspecified atom stereocenters. The summed E-state index contributed by atoms with van der Waals surface area (Å²) in [5, 5.41) is 9.65. The molecule has 2 aromatic rings. The van der Waals surface area contributed by atoms with Gasteiger partial charge in [-0.2, -0.15) is 0 Å². The number of anilines is 1. The second-order valence-electron chi connectivity index (χ2n) is 4.16. The maximum atomic E-state index is 12.1. The van der Waals surface area contributed by atoms with E-state index in [0.29, 0.717) is 12.1 Å². The van der Waals surface area contributed by atoms with Crippen LogP contribution >= 0.6 is 0 Å². The Hall–Kier alpha value is -2.37. The van der Waals surface area contributed by atoms with Gasteiger partial charge in [-0.05, 0) is 19.9 Å². The van der Waals surface area contributed by atoms with Crippen molar-refractivity contribution < 1.29 is 9.32 Å². The molecule has 6 nitrogen and oxygen atoms in total. The Morgan fingerprint density at radius 2 is 2.21 bits per heavy atom. The van der Waals surface area contributed by atoms with Crippen LogP contribution in [0.15, 0.2) is 23.0 Å². The lowest BCUT2D eigenvalue weighted by Crippen LogP contribution is -2.24. The highest BCUT2D eigenvalue weighted by atomic mass is 16.5. The predicted octanol–water partition coefficient (Wildman–Crippen LogP) is 1.66. The molecule has 0 saturated carbocycles. The van der Waals surface area contributed by atoms with Crippen LogP contribution in [0.2, 0.25) is 0 Å². The highest BCUT2D eigenvalue weighted by Crippen LogP contribution is 2.14. The van der Waals surface area contributed by atoms with Crippen molar-refractivity contribution in [3.8, 4) is 0 Å². The molecule has 1 amide bonds. The number of aryl methyl sites for hydroxylation is 2. The van der Waals surface area contributed by atoms with Crippen molar-refractivity contribution in [3.05, 3.63) is 41.0 Å². The summed E-state index contributed by atoms with van der Waals surface area (Å²) in [5.74, 6) is 0.537. The standard InChI is InChI=1S/C13H16N4O2/c1-8-10(9(2)19-17-8)7-16-13(18)11-6-15-5-4-12(11)14-3/h4-6H,7H2,1-3H3,(H,14,15)(H,16,18). The SMILES string of the molecule is CNc1ccncc1C(=O)NCc1c(C)noc1C. The fourth-order valence-corrected chi connectivity index (χ4v) is 1.81. The molecule has 0 saturated heterocycles. The number of amides is 1. The van der Waals surface area contributed by atoms with Crippen molar-refractivity contribution >= 4 is 11.6 Å². The van der Waals surface area contributed by atoms with E-state index in [9.17, 15) is 4.79 Å². The molecule has 100 valence electrons. The molecular weight excluding hydrogens is 244 g/mol. The summed E-state index contributed by atoms with van der Waals surface area (Å²) in [6.45, 7) is 4.06. The lowest BCUT2D eigenvalue weighted by Gasteiger charge is -2.08. The number of pyridine rings is 1. The van der Waals surface area contributed by atoms with Crippen molar-refractivity contribution in [1.82, 2.24) is 15.5 Å². The summed E-state index contributed by atoms with van der Waals surface area (Å²) in [6, 6.07) is 1.75. The van der Waals surface area contributed by atoms with Crippen molar-refractivity contribution in [1.29, 1.82) is 0 Å². The summed E-state index contributed by atoms with van der Waals surface area (Å²) in [7, 11) is 1.76. The Morgan fingerprint density at radius 3 is 2.84 bits per heavy atom. The molecule has 0 bridgehead atoms. The van der Waals surface area contributed by atoms with Crippen molar-refractivity contribution in [2.75, 3.05) is 12.4 Å². The van der Waals surface area contributed by atoms with Gasteiger partial charge in [-0.15, -0.1) is 0 Å². The summed E-state index contributed by atoms with van der Waals surface area (Å²) in [4.78, 5) is 16.1. The normalized spacial score (nSPS) is 10.3. The number of rotatable bonds is 4. The van der Waals surface area contributed by atoms with E-state index in [0.717, 1.165) is 22.7 Å². The van der Waals surface area contributed by atoms with Crippen molar-refractivity contribution in [2.45, 2.75) is 20.4 Å². The summed E-state index contributed by atoms with van der Waals surface area (Å²) < 4.78 is 5.05. The lowest BCUT2D eigenvalue weighted by atomic mass is 10.2. The molecule has 6 heteroatoms. The van der Waals surface area contributed by atoms with Crippen LogP contribution in [0.3, 0.4) is 0 Å². The Morgan fingerprint density at radius 1 is 1.42 bits per heavy atom. The van der Waals surface area contributed by atoms with Crippen molar-refractivity contribution in [2.24, 2.45) is 0 Å². The van der Waals surface area contributed by atoms with Crippen LogP contribution < -0.4 is 10.6 Å². The maximum Gasteiger partial charge on any atom is 0.255 e. The average molecular weight is 260 g/mol. The molecule has 2 heterocycles. The summed E-state index contributed by atoms with van der Waals surface area (Å²) in [5.41, 5.74) is 2.95. The van der Waals surface area contributed by atoms with Gasteiger partial charge in [-0.1, -0.05) is 5.16 Å². The van der Waals surface area contributed by atoms with Crippen LogP contribution in [0, 0.1) is 13.8 Å². The third-order valence-electron chi connectivity index (χ3n) is 2.94. The van der Waals surface area contributed by atoms with Crippen LogP contribution in [-0.2, 0) is 6.54 Å². The minimum Gasteiger partial charge on any atom is -0.387 e. The van der Waals surface area contributed by atoms with E-state index in [1.54, 1.807) is 19.3 Å².